The van der Waals surface area contributed by atoms with Crippen LogP contribution in [-0.2, 0) is 11.2 Å². The first-order valence-corrected chi connectivity index (χ1v) is 7.79. The molecule has 1 aromatic carbocycles. The topological polar surface area (TPSA) is 38.5 Å². The van der Waals surface area contributed by atoms with E-state index in [1.807, 2.05) is 0 Å². The van der Waals surface area contributed by atoms with Crippen LogP contribution in [0.2, 0.25) is 0 Å². The van der Waals surface area contributed by atoms with Crippen molar-refractivity contribution in [3.63, 3.8) is 0 Å². The molecule has 2 unspecified atom stereocenters. The van der Waals surface area contributed by atoms with E-state index in [2.05, 4.69) is 43.1 Å². The third-order valence-electron chi connectivity index (χ3n) is 4.15. The number of hydrogen-bond donors (Lipinski definition) is 1. The summed E-state index contributed by atoms with van der Waals surface area (Å²) < 4.78 is 5.54. The van der Waals surface area contributed by atoms with Crippen LogP contribution in [0.3, 0.4) is 0 Å². The quantitative estimate of drug-likeness (QED) is 0.868. The van der Waals surface area contributed by atoms with E-state index in [1.54, 1.807) is 0 Å². The molecule has 1 aliphatic rings. The van der Waals surface area contributed by atoms with Crippen molar-refractivity contribution in [2.75, 3.05) is 33.4 Å². The Morgan fingerprint density at radius 2 is 2.10 bits per heavy atom. The number of ether oxygens (including phenoxy) is 1. The minimum atomic E-state index is 0.0930. The molecule has 0 radical (unpaired) electrons. The molecule has 2 atom stereocenters. The van der Waals surface area contributed by atoms with Crippen LogP contribution in [0.15, 0.2) is 24.3 Å². The van der Waals surface area contributed by atoms with Crippen LogP contribution < -0.4 is 5.73 Å². The van der Waals surface area contributed by atoms with Crippen LogP contribution in [0.4, 0.5) is 0 Å². The summed E-state index contributed by atoms with van der Waals surface area (Å²) in [6.45, 7) is 6.01. The standard InChI is InChI=1S/C17H28N2O/c1-3-14-6-8-16(9-7-14)17(18)12-19(2)11-15-5-4-10-20-13-15/h6-9,15,17H,3-5,10-13,18H2,1-2H3. The number of benzene rings is 1. The summed E-state index contributed by atoms with van der Waals surface area (Å²) >= 11 is 0. The van der Waals surface area contributed by atoms with Crippen molar-refractivity contribution in [2.45, 2.75) is 32.2 Å². The summed E-state index contributed by atoms with van der Waals surface area (Å²) in [5.74, 6) is 0.670. The van der Waals surface area contributed by atoms with E-state index >= 15 is 0 Å². The molecule has 3 heteroatoms. The first-order chi connectivity index (χ1) is 9.69. The van der Waals surface area contributed by atoms with Crippen LogP contribution in [0.5, 0.6) is 0 Å². The van der Waals surface area contributed by atoms with Gasteiger partial charge in [-0.25, -0.2) is 0 Å². The van der Waals surface area contributed by atoms with Crippen molar-refractivity contribution in [3.05, 3.63) is 35.4 Å². The molecule has 1 heterocycles. The smallest absolute Gasteiger partial charge is 0.0506 e. The minimum Gasteiger partial charge on any atom is -0.381 e. The molecular formula is C17H28N2O. The monoisotopic (exact) mass is 276 g/mol. The number of rotatable bonds is 6. The van der Waals surface area contributed by atoms with Crippen LogP contribution in [0, 0.1) is 5.92 Å². The number of nitrogens with two attached hydrogens (primary N) is 1. The lowest BCUT2D eigenvalue weighted by Gasteiger charge is -2.28. The van der Waals surface area contributed by atoms with Gasteiger partial charge in [-0.3, -0.25) is 0 Å². The zero-order valence-corrected chi connectivity index (χ0v) is 12.8. The van der Waals surface area contributed by atoms with E-state index in [9.17, 15) is 0 Å². The molecule has 1 saturated heterocycles. The van der Waals surface area contributed by atoms with Gasteiger partial charge in [-0.15, -0.1) is 0 Å². The maximum Gasteiger partial charge on any atom is 0.0506 e. The van der Waals surface area contributed by atoms with E-state index in [4.69, 9.17) is 10.5 Å². The Morgan fingerprint density at radius 1 is 1.35 bits per heavy atom. The van der Waals surface area contributed by atoms with Gasteiger partial charge in [0.05, 0.1) is 6.61 Å². The zero-order valence-electron chi connectivity index (χ0n) is 12.8. The summed E-state index contributed by atoms with van der Waals surface area (Å²) in [6.07, 6.45) is 3.56. The lowest BCUT2D eigenvalue weighted by atomic mass is 10.0. The Balaban J connectivity index is 1.81. The molecule has 0 bridgehead atoms. The fourth-order valence-corrected chi connectivity index (χ4v) is 2.91. The van der Waals surface area contributed by atoms with E-state index in [-0.39, 0.29) is 6.04 Å². The fraction of sp³-hybridized carbons (Fsp3) is 0.647. The van der Waals surface area contributed by atoms with Gasteiger partial charge in [0.1, 0.15) is 0 Å². The summed E-state index contributed by atoms with van der Waals surface area (Å²) in [5, 5.41) is 0. The molecule has 1 fully saturated rings. The Hall–Kier alpha value is -0.900. The van der Waals surface area contributed by atoms with Crippen molar-refractivity contribution < 1.29 is 4.74 Å². The summed E-state index contributed by atoms with van der Waals surface area (Å²) in [4.78, 5) is 2.34. The first kappa shape index (κ1) is 15.5. The van der Waals surface area contributed by atoms with Crippen molar-refractivity contribution in [3.8, 4) is 0 Å². The predicted octanol–water partition coefficient (Wildman–Crippen LogP) is 2.61. The average Bonchev–Trinajstić information content (AvgIpc) is 2.48. The molecule has 112 valence electrons. The second-order valence-corrected chi connectivity index (χ2v) is 6.01. The normalized spacial score (nSPS) is 21.1. The van der Waals surface area contributed by atoms with E-state index in [1.165, 1.54) is 24.0 Å². The average molecular weight is 276 g/mol. The van der Waals surface area contributed by atoms with Crippen molar-refractivity contribution in [2.24, 2.45) is 11.7 Å². The molecule has 1 aromatic rings. The van der Waals surface area contributed by atoms with E-state index in [0.717, 1.165) is 32.7 Å². The van der Waals surface area contributed by atoms with Crippen molar-refractivity contribution in [1.82, 2.24) is 4.90 Å². The van der Waals surface area contributed by atoms with Gasteiger partial charge in [-0.2, -0.15) is 0 Å². The Labute approximate surface area is 123 Å². The predicted molar refractivity (Wildman–Crippen MR) is 83.8 cm³/mol. The molecule has 0 aliphatic carbocycles. The van der Waals surface area contributed by atoms with Crippen LogP contribution >= 0.6 is 0 Å². The lowest BCUT2D eigenvalue weighted by Crippen LogP contribution is -2.35. The molecule has 2 N–H and O–H groups in total. The fourth-order valence-electron chi connectivity index (χ4n) is 2.91. The number of hydrogen-bond acceptors (Lipinski definition) is 3. The van der Waals surface area contributed by atoms with Crippen molar-refractivity contribution >= 4 is 0 Å². The minimum absolute atomic E-state index is 0.0930. The third kappa shape index (κ3) is 4.58. The molecule has 2 rings (SSSR count). The Morgan fingerprint density at radius 3 is 2.70 bits per heavy atom. The van der Waals surface area contributed by atoms with Gasteiger partial charge in [-0.1, -0.05) is 31.2 Å². The largest absolute Gasteiger partial charge is 0.381 e. The summed E-state index contributed by atoms with van der Waals surface area (Å²) in [6, 6.07) is 8.80. The highest BCUT2D eigenvalue weighted by Gasteiger charge is 2.17. The third-order valence-corrected chi connectivity index (χ3v) is 4.15. The van der Waals surface area contributed by atoms with Crippen LogP contribution in [0.1, 0.15) is 36.9 Å². The molecule has 0 spiro atoms. The van der Waals surface area contributed by atoms with E-state index < -0.39 is 0 Å². The van der Waals surface area contributed by atoms with E-state index in [0.29, 0.717) is 5.92 Å². The molecular weight excluding hydrogens is 248 g/mol. The number of nitrogens with zero attached hydrogens (tertiary/aromatic N) is 1. The highest BCUT2D eigenvalue weighted by molar-refractivity contribution is 5.25. The summed E-state index contributed by atoms with van der Waals surface area (Å²) in [7, 11) is 2.16. The van der Waals surface area contributed by atoms with Gasteiger partial charge in [0.2, 0.25) is 0 Å². The van der Waals surface area contributed by atoms with Gasteiger partial charge in [-0.05, 0) is 43.4 Å². The Bertz CT molecular complexity index is 384. The molecule has 0 amide bonds. The lowest BCUT2D eigenvalue weighted by molar-refractivity contribution is 0.0414. The Kier molecular flexibility index (Phi) is 6.02. The van der Waals surface area contributed by atoms with Gasteiger partial charge in [0.25, 0.3) is 0 Å². The maximum absolute atomic E-state index is 6.32. The van der Waals surface area contributed by atoms with Gasteiger partial charge < -0.3 is 15.4 Å². The summed E-state index contributed by atoms with van der Waals surface area (Å²) in [5.41, 5.74) is 8.92. The zero-order chi connectivity index (χ0) is 14.4. The second kappa shape index (κ2) is 7.77. The highest BCUT2D eigenvalue weighted by atomic mass is 16.5. The molecule has 20 heavy (non-hydrogen) atoms. The van der Waals surface area contributed by atoms with Gasteiger partial charge >= 0.3 is 0 Å². The van der Waals surface area contributed by atoms with Crippen molar-refractivity contribution in [1.29, 1.82) is 0 Å². The molecule has 1 aliphatic heterocycles. The van der Waals surface area contributed by atoms with Gasteiger partial charge in [0, 0.05) is 25.7 Å². The number of aryl methyl sites for hydroxylation is 1. The van der Waals surface area contributed by atoms with Crippen LogP contribution in [-0.4, -0.2) is 38.3 Å². The first-order valence-electron chi connectivity index (χ1n) is 7.79. The maximum atomic E-state index is 6.32. The molecule has 0 saturated carbocycles. The molecule has 3 nitrogen and oxygen atoms in total. The molecule has 0 aromatic heterocycles. The second-order valence-electron chi connectivity index (χ2n) is 6.01. The number of likely N-dealkylation sites (N-methyl/N-ethyl adjacent to an activating group) is 1. The van der Waals surface area contributed by atoms with Gasteiger partial charge in [0.15, 0.2) is 0 Å². The highest BCUT2D eigenvalue weighted by Crippen LogP contribution is 2.17. The SMILES string of the molecule is CCc1ccc(C(N)CN(C)CC2CCCOC2)cc1. The van der Waals surface area contributed by atoms with Crippen LogP contribution in [0.25, 0.3) is 0 Å².